The average Bonchev–Trinajstić information content (AvgIpc) is 3.24. The third kappa shape index (κ3) is 3.76. The van der Waals surface area contributed by atoms with Gasteiger partial charge in [0.05, 0.1) is 4.90 Å². The molecular formula is C21H22N2O5S. The molecule has 1 heterocycles. The molecule has 8 heteroatoms. The van der Waals surface area contributed by atoms with Crippen LogP contribution in [0.1, 0.15) is 23.2 Å². The first kappa shape index (κ1) is 20.6. The third-order valence-electron chi connectivity index (χ3n) is 4.99. The highest BCUT2D eigenvalue weighted by Gasteiger charge is 2.53. The van der Waals surface area contributed by atoms with Gasteiger partial charge >= 0.3 is 0 Å². The molecule has 1 amide bonds. The summed E-state index contributed by atoms with van der Waals surface area (Å²) in [6.45, 7) is 1.83. The second-order valence-corrected chi connectivity index (χ2v) is 9.01. The molecule has 0 saturated carbocycles. The zero-order valence-electron chi connectivity index (χ0n) is 15.8. The Morgan fingerprint density at radius 1 is 1.07 bits per heavy atom. The highest BCUT2D eigenvalue weighted by molar-refractivity contribution is 7.93. The number of hydrogen-bond donors (Lipinski definition) is 4. The van der Waals surface area contributed by atoms with E-state index in [4.69, 9.17) is 0 Å². The molecule has 29 heavy (non-hydrogen) atoms. The molecule has 2 aromatic carbocycles. The van der Waals surface area contributed by atoms with Crippen LogP contribution in [-0.2, 0) is 25.8 Å². The first-order valence-corrected chi connectivity index (χ1v) is 10.5. The Morgan fingerprint density at radius 2 is 1.72 bits per heavy atom. The summed E-state index contributed by atoms with van der Waals surface area (Å²) in [5.41, 5.74) is 3.32. The number of benzene rings is 2. The van der Waals surface area contributed by atoms with Crippen molar-refractivity contribution in [3.63, 3.8) is 0 Å². The molecular weight excluding hydrogens is 392 g/mol. The Hall–Kier alpha value is -3.10. The minimum absolute atomic E-state index is 0.0213. The lowest BCUT2D eigenvalue weighted by Crippen LogP contribution is -2.50. The molecule has 0 radical (unpaired) electrons. The number of aromatic nitrogens is 1. The molecule has 0 spiro atoms. The second kappa shape index (κ2) is 8.10. The summed E-state index contributed by atoms with van der Waals surface area (Å²) in [6.07, 6.45) is 1.62. The van der Waals surface area contributed by atoms with Crippen molar-refractivity contribution in [1.29, 1.82) is 0 Å². The van der Waals surface area contributed by atoms with E-state index in [0.717, 1.165) is 11.1 Å². The Bertz CT molecular complexity index is 1080. The Labute approximate surface area is 168 Å². The van der Waals surface area contributed by atoms with E-state index in [9.17, 15) is 23.5 Å². The van der Waals surface area contributed by atoms with Crippen LogP contribution < -0.4 is 5.48 Å². The predicted octanol–water partition coefficient (Wildman–Crippen LogP) is 2.84. The number of aryl methyl sites for hydroxylation is 2. The summed E-state index contributed by atoms with van der Waals surface area (Å²) in [7, 11) is -4.24. The van der Waals surface area contributed by atoms with E-state index in [0.29, 0.717) is 0 Å². The summed E-state index contributed by atoms with van der Waals surface area (Å²) in [5, 5.41) is 18.9. The SMILES string of the molecule is Cc1ccc(S(=O)(=O)C(CCc2ccc(O)cc2)(C(=O)NO)c2ccc[nH]2)cc1. The lowest BCUT2D eigenvalue weighted by Gasteiger charge is -2.30. The van der Waals surface area contributed by atoms with Crippen LogP contribution in [-0.4, -0.2) is 29.6 Å². The van der Waals surface area contributed by atoms with E-state index in [2.05, 4.69) is 4.98 Å². The van der Waals surface area contributed by atoms with Gasteiger partial charge in [-0.05, 0) is 61.7 Å². The number of hydroxylamine groups is 1. The van der Waals surface area contributed by atoms with Crippen LogP contribution in [0.4, 0.5) is 0 Å². The van der Waals surface area contributed by atoms with Crippen LogP contribution in [0.15, 0.2) is 71.8 Å². The Balaban J connectivity index is 2.15. The quantitative estimate of drug-likeness (QED) is 0.350. The molecule has 1 aromatic heterocycles. The Morgan fingerprint density at radius 3 is 2.28 bits per heavy atom. The fourth-order valence-corrected chi connectivity index (χ4v) is 5.32. The third-order valence-corrected chi connectivity index (χ3v) is 7.41. The molecule has 0 bridgehead atoms. The summed E-state index contributed by atoms with van der Waals surface area (Å²) >= 11 is 0. The molecule has 1 atom stereocenters. The average molecular weight is 414 g/mol. The van der Waals surface area contributed by atoms with Gasteiger partial charge in [0, 0.05) is 11.9 Å². The molecule has 3 rings (SSSR count). The maximum absolute atomic E-state index is 13.7. The zero-order valence-corrected chi connectivity index (χ0v) is 16.6. The van der Waals surface area contributed by atoms with Gasteiger partial charge in [0.15, 0.2) is 14.6 Å². The van der Waals surface area contributed by atoms with Crippen LogP contribution in [0.3, 0.4) is 0 Å². The normalized spacial score (nSPS) is 13.6. The number of aromatic hydroxyl groups is 1. The topological polar surface area (TPSA) is 119 Å². The molecule has 4 N–H and O–H groups in total. The fraction of sp³-hybridized carbons (Fsp3) is 0.190. The first-order valence-electron chi connectivity index (χ1n) is 8.99. The molecule has 1 unspecified atom stereocenters. The van der Waals surface area contributed by atoms with Gasteiger partial charge in [0.25, 0.3) is 5.91 Å². The van der Waals surface area contributed by atoms with Crippen LogP contribution in [0.5, 0.6) is 5.75 Å². The van der Waals surface area contributed by atoms with Crippen LogP contribution in [0.25, 0.3) is 0 Å². The molecule has 0 aliphatic heterocycles. The summed E-state index contributed by atoms with van der Waals surface area (Å²) in [6, 6.07) is 15.6. The van der Waals surface area contributed by atoms with Gasteiger partial charge in [-0.1, -0.05) is 29.8 Å². The van der Waals surface area contributed by atoms with E-state index in [1.807, 2.05) is 6.92 Å². The number of sulfone groups is 1. The van der Waals surface area contributed by atoms with Crippen molar-refractivity contribution in [3.05, 3.63) is 83.7 Å². The van der Waals surface area contributed by atoms with E-state index < -0.39 is 20.5 Å². The minimum atomic E-state index is -4.24. The number of H-pyrrole nitrogens is 1. The monoisotopic (exact) mass is 414 g/mol. The van der Waals surface area contributed by atoms with Gasteiger partial charge in [-0.3, -0.25) is 10.0 Å². The van der Waals surface area contributed by atoms with Crippen LogP contribution in [0, 0.1) is 6.92 Å². The lowest BCUT2D eigenvalue weighted by molar-refractivity contribution is -0.132. The number of phenols is 1. The van der Waals surface area contributed by atoms with Crippen molar-refractivity contribution in [2.75, 3.05) is 0 Å². The smallest absolute Gasteiger partial charge is 0.271 e. The van der Waals surface area contributed by atoms with E-state index in [-0.39, 0.29) is 29.2 Å². The van der Waals surface area contributed by atoms with E-state index in [1.165, 1.54) is 36.5 Å². The molecule has 152 valence electrons. The maximum atomic E-state index is 13.7. The fourth-order valence-electron chi connectivity index (χ4n) is 3.35. The van der Waals surface area contributed by atoms with Crippen molar-refractivity contribution < 1.29 is 23.5 Å². The maximum Gasteiger partial charge on any atom is 0.271 e. The summed E-state index contributed by atoms with van der Waals surface area (Å²) in [4.78, 5) is 15.7. The van der Waals surface area contributed by atoms with Crippen LogP contribution >= 0.6 is 0 Å². The zero-order chi connectivity index (χ0) is 21.1. The van der Waals surface area contributed by atoms with Gasteiger partial charge in [-0.25, -0.2) is 13.9 Å². The number of nitrogens with one attached hydrogen (secondary N) is 2. The van der Waals surface area contributed by atoms with Gasteiger partial charge in [0.1, 0.15) is 5.75 Å². The number of aromatic amines is 1. The highest BCUT2D eigenvalue weighted by Crippen LogP contribution is 2.39. The Kier molecular flexibility index (Phi) is 5.76. The number of carbonyl (C=O) groups is 1. The van der Waals surface area contributed by atoms with Crippen LogP contribution in [0.2, 0.25) is 0 Å². The largest absolute Gasteiger partial charge is 0.508 e. The van der Waals surface area contributed by atoms with Crippen molar-refractivity contribution in [2.45, 2.75) is 29.4 Å². The first-order chi connectivity index (χ1) is 13.8. The van der Waals surface area contributed by atoms with Gasteiger partial charge < -0.3 is 10.1 Å². The summed E-state index contributed by atoms with van der Waals surface area (Å²) < 4.78 is 25.3. The second-order valence-electron chi connectivity index (χ2n) is 6.83. The number of amides is 1. The minimum Gasteiger partial charge on any atom is -0.508 e. The molecule has 0 aliphatic carbocycles. The number of phenolic OH excluding ortho intramolecular Hbond substituents is 1. The van der Waals surface area contributed by atoms with Gasteiger partial charge in [-0.15, -0.1) is 0 Å². The van der Waals surface area contributed by atoms with Gasteiger partial charge in [0.2, 0.25) is 0 Å². The number of carbonyl (C=O) groups excluding carboxylic acids is 1. The molecule has 0 saturated heterocycles. The van der Waals surface area contributed by atoms with Gasteiger partial charge in [-0.2, -0.15) is 0 Å². The molecule has 0 fully saturated rings. The standard InChI is InChI=1S/C21H22N2O5S/c1-15-4-10-18(11-5-15)29(27,28)21(20(25)23-26,19-3-2-14-22-19)13-12-16-6-8-17(24)9-7-16/h2-11,14,22,24,26H,12-13H2,1H3,(H,23,25). The summed E-state index contributed by atoms with van der Waals surface area (Å²) in [5.74, 6) is -0.955. The lowest BCUT2D eigenvalue weighted by atomic mass is 9.94. The van der Waals surface area contributed by atoms with E-state index in [1.54, 1.807) is 35.8 Å². The number of rotatable bonds is 7. The highest BCUT2D eigenvalue weighted by atomic mass is 32.2. The van der Waals surface area contributed by atoms with Crippen molar-refractivity contribution in [3.8, 4) is 5.75 Å². The number of hydrogen-bond acceptors (Lipinski definition) is 5. The van der Waals surface area contributed by atoms with Crippen molar-refractivity contribution >= 4 is 15.7 Å². The van der Waals surface area contributed by atoms with Crippen molar-refractivity contribution in [2.24, 2.45) is 0 Å². The predicted molar refractivity (Wildman–Crippen MR) is 107 cm³/mol. The van der Waals surface area contributed by atoms with E-state index >= 15 is 0 Å². The molecule has 0 aliphatic rings. The van der Waals surface area contributed by atoms with Crippen molar-refractivity contribution in [1.82, 2.24) is 10.5 Å². The molecule has 3 aromatic rings. The molecule has 7 nitrogen and oxygen atoms in total.